The topological polar surface area (TPSA) is 0 Å². The van der Waals surface area contributed by atoms with Crippen molar-refractivity contribution in [3.05, 3.63) is 11.6 Å². The number of allylic oxidation sites excluding steroid dienone is 1. The molecular formula is C5H8S2. The van der Waals surface area contributed by atoms with Crippen LogP contribution in [-0.4, -0.2) is 4.20 Å². The Balaban J connectivity index is 3.68. The van der Waals surface area contributed by atoms with E-state index in [-0.39, 0.29) is 0 Å². The summed E-state index contributed by atoms with van der Waals surface area (Å²) in [4.78, 5) is 0. The van der Waals surface area contributed by atoms with Gasteiger partial charge < -0.3 is 0 Å². The Morgan fingerprint density at radius 2 is 2.00 bits per heavy atom. The second-order valence-electron chi connectivity index (χ2n) is 1.56. The first-order valence-electron chi connectivity index (χ1n) is 2.01. The van der Waals surface area contributed by atoms with E-state index >= 15 is 0 Å². The Morgan fingerprint density at radius 3 is 2.00 bits per heavy atom. The molecule has 2 heteroatoms. The van der Waals surface area contributed by atoms with Gasteiger partial charge in [0.2, 0.25) is 0 Å². The molecule has 0 bridgehead atoms. The fraction of sp³-hybridized carbons (Fsp3) is 0.400. The van der Waals surface area contributed by atoms with E-state index in [1.54, 1.807) is 0 Å². The van der Waals surface area contributed by atoms with Crippen molar-refractivity contribution in [1.82, 2.24) is 0 Å². The summed E-state index contributed by atoms with van der Waals surface area (Å²) >= 11 is 8.55. The van der Waals surface area contributed by atoms with E-state index in [0.717, 1.165) is 0 Å². The van der Waals surface area contributed by atoms with Crippen LogP contribution in [0.2, 0.25) is 0 Å². The molecule has 0 aliphatic heterocycles. The van der Waals surface area contributed by atoms with Crippen LogP contribution in [-0.2, 0) is 0 Å². The third-order valence-electron chi connectivity index (χ3n) is 0.412. The fourth-order valence-corrected chi connectivity index (χ4v) is 0.741. The molecule has 0 aliphatic carbocycles. The van der Waals surface area contributed by atoms with E-state index < -0.39 is 0 Å². The van der Waals surface area contributed by atoms with Gasteiger partial charge in [-0.15, -0.1) is 12.6 Å². The van der Waals surface area contributed by atoms with Gasteiger partial charge in [0.1, 0.15) is 0 Å². The minimum atomic E-state index is 0.653. The smallest absolute Gasteiger partial charge is 0.0674 e. The summed E-state index contributed by atoms with van der Waals surface area (Å²) in [6, 6.07) is 0. The Labute approximate surface area is 55.0 Å². The highest BCUT2D eigenvalue weighted by Crippen LogP contribution is 1.92. The molecule has 0 nitrogen and oxygen atoms in total. The molecule has 7 heavy (non-hydrogen) atoms. The maximum Gasteiger partial charge on any atom is 0.0674 e. The van der Waals surface area contributed by atoms with Gasteiger partial charge in [-0.2, -0.15) is 0 Å². The largest absolute Gasteiger partial charge is 0.132 e. The molecule has 0 atom stereocenters. The predicted molar refractivity (Wildman–Crippen MR) is 41.0 cm³/mol. The molecule has 0 aromatic carbocycles. The van der Waals surface area contributed by atoms with E-state index in [4.69, 9.17) is 0 Å². The molecule has 0 saturated carbocycles. The van der Waals surface area contributed by atoms with Gasteiger partial charge in [-0.25, -0.2) is 0 Å². The molecule has 0 saturated heterocycles. The van der Waals surface area contributed by atoms with Crippen molar-refractivity contribution in [1.29, 1.82) is 0 Å². The highest BCUT2D eigenvalue weighted by atomic mass is 32.1. The van der Waals surface area contributed by atoms with Gasteiger partial charge in [0.15, 0.2) is 0 Å². The van der Waals surface area contributed by atoms with Crippen LogP contribution in [0.5, 0.6) is 0 Å². The molecule has 40 valence electrons. The van der Waals surface area contributed by atoms with Gasteiger partial charge in [-0.3, -0.25) is 0 Å². The number of hydrogen-bond acceptors (Lipinski definition) is 1. The molecule has 0 aromatic rings. The molecule has 0 heterocycles. The van der Waals surface area contributed by atoms with Crippen molar-refractivity contribution in [2.45, 2.75) is 13.8 Å². The number of thiocarbonyl (C=S) groups is 1. The van der Waals surface area contributed by atoms with Crippen LogP contribution in [0.25, 0.3) is 0 Å². The van der Waals surface area contributed by atoms with Crippen LogP contribution in [0.3, 0.4) is 0 Å². The normalized spacial score (nSPS) is 7.86. The quantitative estimate of drug-likeness (QED) is 0.324. The lowest BCUT2D eigenvalue weighted by atomic mass is 10.3. The lowest BCUT2D eigenvalue weighted by molar-refractivity contribution is 1.41. The van der Waals surface area contributed by atoms with Gasteiger partial charge in [-0.05, 0) is 19.9 Å². The Kier molecular flexibility index (Phi) is 3.30. The maximum atomic E-state index is 4.66. The predicted octanol–water partition coefficient (Wildman–Crippen LogP) is 2.21. The standard InChI is InChI=1S/C5H8S2/c1-4(2)3-5(6)7/h3H,1-2H3,(H,6,7). The highest BCUT2D eigenvalue weighted by Gasteiger charge is 1.77. The van der Waals surface area contributed by atoms with Crippen molar-refractivity contribution in [3.8, 4) is 0 Å². The van der Waals surface area contributed by atoms with Crippen LogP contribution in [0, 0.1) is 0 Å². The molecule has 0 radical (unpaired) electrons. The molecule has 0 fully saturated rings. The molecule has 0 unspecified atom stereocenters. The third-order valence-corrected chi connectivity index (χ3v) is 0.659. The van der Waals surface area contributed by atoms with Crippen LogP contribution >= 0.6 is 24.8 Å². The zero-order chi connectivity index (χ0) is 5.86. The summed E-state index contributed by atoms with van der Waals surface area (Å²) < 4.78 is 0.653. The average Bonchev–Trinajstić information content (AvgIpc) is 1.27. The van der Waals surface area contributed by atoms with Gasteiger partial charge in [0, 0.05) is 0 Å². The lowest BCUT2D eigenvalue weighted by Crippen LogP contribution is -1.72. The van der Waals surface area contributed by atoms with E-state index in [1.807, 2.05) is 19.9 Å². The van der Waals surface area contributed by atoms with Gasteiger partial charge in [0.25, 0.3) is 0 Å². The lowest BCUT2D eigenvalue weighted by Gasteiger charge is -1.82. The van der Waals surface area contributed by atoms with Gasteiger partial charge >= 0.3 is 0 Å². The van der Waals surface area contributed by atoms with Crippen LogP contribution in [0.1, 0.15) is 13.8 Å². The summed E-state index contributed by atoms with van der Waals surface area (Å²) in [5.74, 6) is 0. The Hall–Kier alpha value is 0.180. The minimum Gasteiger partial charge on any atom is -0.132 e. The van der Waals surface area contributed by atoms with E-state index in [9.17, 15) is 0 Å². The summed E-state index contributed by atoms with van der Waals surface area (Å²) in [7, 11) is 0. The molecule has 0 rings (SSSR count). The summed E-state index contributed by atoms with van der Waals surface area (Å²) in [6.07, 6.45) is 1.85. The van der Waals surface area contributed by atoms with Crippen LogP contribution in [0.15, 0.2) is 11.6 Å². The van der Waals surface area contributed by atoms with Gasteiger partial charge in [0.05, 0.1) is 4.20 Å². The molecule has 0 aliphatic rings. The molecule has 0 N–H and O–H groups in total. The first kappa shape index (κ1) is 7.18. The summed E-state index contributed by atoms with van der Waals surface area (Å²) in [5, 5.41) is 0. The molecular weight excluding hydrogens is 124 g/mol. The van der Waals surface area contributed by atoms with Crippen molar-refractivity contribution in [2.75, 3.05) is 0 Å². The monoisotopic (exact) mass is 132 g/mol. The van der Waals surface area contributed by atoms with Crippen molar-refractivity contribution in [2.24, 2.45) is 0 Å². The van der Waals surface area contributed by atoms with Crippen LogP contribution in [0.4, 0.5) is 0 Å². The number of thiol groups is 1. The Bertz CT molecular complexity index is 98.6. The van der Waals surface area contributed by atoms with E-state index in [2.05, 4.69) is 24.8 Å². The Morgan fingerprint density at radius 1 is 1.57 bits per heavy atom. The van der Waals surface area contributed by atoms with E-state index in [0.29, 0.717) is 4.20 Å². The zero-order valence-electron chi connectivity index (χ0n) is 4.43. The number of hydrogen-bond donors (Lipinski definition) is 1. The zero-order valence-corrected chi connectivity index (χ0v) is 6.14. The molecule has 0 spiro atoms. The maximum absolute atomic E-state index is 4.66. The first-order valence-corrected chi connectivity index (χ1v) is 2.86. The van der Waals surface area contributed by atoms with E-state index in [1.165, 1.54) is 5.57 Å². The minimum absolute atomic E-state index is 0.653. The van der Waals surface area contributed by atoms with Crippen LogP contribution < -0.4 is 0 Å². The summed E-state index contributed by atoms with van der Waals surface area (Å²) in [6.45, 7) is 3.98. The van der Waals surface area contributed by atoms with Gasteiger partial charge in [-0.1, -0.05) is 17.8 Å². The third kappa shape index (κ3) is 6.18. The summed E-state index contributed by atoms with van der Waals surface area (Å²) in [5.41, 5.74) is 1.19. The molecule has 0 amide bonds. The molecule has 0 aromatic heterocycles. The number of rotatable bonds is 1. The SMILES string of the molecule is CC(C)=CC(=S)S. The highest BCUT2D eigenvalue weighted by molar-refractivity contribution is 8.11. The van der Waals surface area contributed by atoms with Crippen molar-refractivity contribution in [3.63, 3.8) is 0 Å². The first-order chi connectivity index (χ1) is 3.13. The second-order valence-corrected chi connectivity index (χ2v) is 2.78. The van der Waals surface area contributed by atoms with Crippen molar-refractivity contribution >= 4 is 29.0 Å². The second kappa shape index (κ2) is 3.22. The average molecular weight is 132 g/mol. The fourth-order valence-electron chi connectivity index (χ4n) is 0.247. The van der Waals surface area contributed by atoms with Crippen molar-refractivity contribution < 1.29 is 0 Å².